The van der Waals surface area contributed by atoms with Gasteiger partial charge in [-0.1, -0.05) is 19.1 Å². The molecule has 51 heavy (non-hydrogen) atoms. The summed E-state index contributed by atoms with van der Waals surface area (Å²) in [7, 11) is 3.39. The molecule has 2 aromatic carbocycles. The first kappa shape index (κ1) is 36.6. The molecule has 0 fully saturated rings. The zero-order valence-electron chi connectivity index (χ0n) is 28.1. The van der Waals surface area contributed by atoms with Gasteiger partial charge in [-0.05, 0) is 56.6 Å². The third kappa shape index (κ3) is 8.23. The predicted octanol–water partition coefficient (Wildman–Crippen LogP) is 5.36. The number of amides is 1. The van der Waals surface area contributed by atoms with Gasteiger partial charge >= 0.3 is 12.1 Å². The average molecular weight is 718 g/mol. The molecule has 0 aliphatic rings. The molecule has 0 saturated carbocycles. The Labute approximate surface area is 296 Å². The van der Waals surface area contributed by atoms with E-state index in [0.717, 1.165) is 23.8 Å². The normalized spacial score (nSPS) is 14.2. The van der Waals surface area contributed by atoms with Gasteiger partial charge in [-0.2, -0.15) is 5.26 Å². The Morgan fingerprint density at radius 3 is 2.63 bits per heavy atom. The van der Waals surface area contributed by atoms with Crippen molar-refractivity contribution in [2.75, 3.05) is 26.0 Å². The minimum absolute atomic E-state index is 0.0921. The van der Waals surface area contributed by atoms with E-state index < -0.39 is 47.5 Å². The van der Waals surface area contributed by atoms with E-state index in [0.29, 0.717) is 21.8 Å². The Morgan fingerprint density at radius 1 is 1.20 bits per heavy atom. The molecule has 3 N–H and O–H groups in total. The smallest absolute Gasteiger partial charge is 0.412 e. The number of carbonyl (C=O) groups is 2. The molecule has 5 rings (SSSR count). The fourth-order valence-electron chi connectivity index (χ4n) is 5.75. The van der Waals surface area contributed by atoms with E-state index >= 15 is 4.39 Å². The monoisotopic (exact) mass is 717 g/mol. The number of thiazole rings is 1. The van der Waals surface area contributed by atoms with E-state index in [1.807, 2.05) is 0 Å². The van der Waals surface area contributed by atoms with Crippen LogP contribution >= 0.6 is 11.3 Å². The van der Waals surface area contributed by atoms with Crippen molar-refractivity contribution >= 4 is 29.2 Å². The van der Waals surface area contributed by atoms with Gasteiger partial charge in [0.25, 0.3) is 6.33 Å². The van der Waals surface area contributed by atoms with Gasteiger partial charge in [0.15, 0.2) is 6.23 Å². The highest BCUT2D eigenvalue weighted by Crippen LogP contribution is 2.46. The maximum Gasteiger partial charge on any atom is 0.412 e. The van der Waals surface area contributed by atoms with Crippen LogP contribution in [0, 0.1) is 23.0 Å². The highest BCUT2D eigenvalue weighted by Gasteiger charge is 2.50. The van der Waals surface area contributed by atoms with E-state index in [1.54, 1.807) is 67.7 Å². The lowest BCUT2D eigenvalue weighted by molar-refractivity contribution is -0.741. The van der Waals surface area contributed by atoms with Crippen molar-refractivity contribution < 1.29 is 37.5 Å². The lowest BCUT2D eigenvalue weighted by atomic mass is 9.75. The number of halogens is 2. The highest BCUT2D eigenvalue weighted by molar-refractivity contribution is 7.10. The predicted molar refractivity (Wildman–Crippen MR) is 181 cm³/mol. The number of carbonyl (C=O) groups excluding carboxylic acids is 2. The van der Waals surface area contributed by atoms with E-state index in [1.165, 1.54) is 41.7 Å². The molecule has 0 aliphatic carbocycles. The maximum atomic E-state index is 15.7. The molecule has 1 amide bonds. The summed E-state index contributed by atoms with van der Waals surface area (Å²) in [5.74, 6) is -3.00. The van der Waals surface area contributed by atoms with Crippen LogP contribution in [0.15, 0.2) is 78.8 Å². The van der Waals surface area contributed by atoms with Gasteiger partial charge in [-0.3, -0.25) is 15.0 Å². The highest BCUT2D eigenvalue weighted by atomic mass is 32.1. The lowest BCUT2D eigenvalue weighted by Gasteiger charge is -2.39. The first-order valence-corrected chi connectivity index (χ1v) is 16.6. The molecular weight excluding hydrogens is 682 g/mol. The lowest BCUT2D eigenvalue weighted by Crippen LogP contribution is -2.54. The average Bonchev–Trinajstić information content (AvgIpc) is 3.83. The summed E-state index contributed by atoms with van der Waals surface area (Å²) < 4.78 is 42.9. The molecule has 0 radical (unpaired) electrons. The Hall–Kier alpha value is -5.63. The molecule has 5 aromatic rings. The topological polar surface area (TPSA) is 170 Å². The van der Waals surface area contributed by atoms with Gasteiger partial charge in [0.05, 0.1) is 34.5 Å². The van der Waals surface area contributed by atoms with Crippen LogP contribution in [0.5, 0.6) is 0 Å². The quantitative estimate of drug-likeness (QED) is 0.0819. The fourth-order valence-corrected chi connectivity index (χ4v) is 6.71. The van der Waals surface area contributed by atoms with Crippen molar-refractivity contribution in [1.82, 2.24) is 25.1 Å². The van der Waals surface area contributed by atoms with Crippen LogP contribution < -0.4 is 9.88 Å². The number of nitriles is 1. The first-order chi connectivity index (χ1) is 24.4. The van der Waals surface area contributed by atoms with Crippen LogP contribution in [0.1, 0.15) is 60.2 Å². The van der Waals surface area contributed by atoms with E-state index in [-0.39, 0.29) is 24.4 Å². The van der Waals surface area contributed by atoms with Crippen molar-refractivity contribution in [3.63, 3.8) is 0 Å². The molecule has 13 nitrogen and oxygen atoms in total. The second-order valence-electron chi connectivity index (χ2n) is 11.8. The fraction of sp³-hybridized carbons (Fsp3) is 0.286. The van der Waals surface area contributed by atoms with Gasteiger partial charge in [-0.25, -0.2) is 28.1 Å². The van der Waals surface area contributed by atoms with Gasteiger partial charge < -0.3 is 14.6 Å². The molecule has 0 spiro atoms. The number of H-pyrrole nitrogens is 1. The Balaban J connectivity index is 1.44. The second kappa shape index (κ2) is 15.9. The molecular formula is C35H35F2N8O5S+. The van der Waals surface area contributed by atoms with Crippen molar-refractivity contribution in [3.05, 3.63) is 112 Å². The zero-order chi connectivity index (χ0) is 36.7. The largest absolute Gasteiger partial charge is 0.449 e. The molecule has 4 atom stereocenters. The summed E-state index contributed by atoms with van der Waals surface area (Å²) in [6.07, 6.45) is 2.43. The van der Waals surface area contributed by atoms with Crippen LogP contribution in [0.25, 0.3) is 11.3 Å². The zero-order valence-corrected chi connectivity index (χ0v) is 28.9. The molecule has 264 valence electrons. The number of pyridine rings is 1. The van der Waals surface area contributed by atoms with Gasteiger partial charge in [0.1, 0.15) is 29.1 Å². The number of aromatic amines is 1. The van der Waals surface area contributed by atoms with Crippen LogP contribution in [-0.2, 0) is 19.9 Å². The minimum Gasteiger partial charge on any atom is -0.449 e. The number of aromatic nitrogens is 5. The number of anilines is 1. The second-order valence-corrected chi connectivity index (χ2v) is 12.7. The first-order valence-electron chi connectivity index (χ1n) is 15.7. The molecule has 2 unspecified atom stereocenters. The van der Waals surface area contributed by atoms with E-state index in [2.05, 4.69) is 26.6 Å². The van der Waals surface area contributed by atoms with Crippen molar-refractivity contribution in [2.24, 2.45) is 0 Å². The summed E-state index contributed by atoms with van der Waals surface area (Å²) in [6, 6.07) is 13.9. The molecule has 3 aromatic heterocycles. The molecule has 0 bridgehead atoms. The summed E-state index contributed by atoms with van der Waals surface area (Å²) in [4.78, 5) is 35.4. The number of esters is 1. The summed E-state index contributed by atoms with van der Waals surface area (Å²) in [5, 5.41) is 33.4. The molecule has 0 aliphatic heterocycles. The van der Waals surface area contributed by atoms with E-state index in [4.69, 9.17) is 14.5 Å². The Bertz CT molecular complexity index is 2020. The van der Waals surface area contributed by atoms with Crippen LogP contribution in [0.2, 0.25) is 0 Å². The number of rotatable bonds is 13. The number of hydrogen-bond donors (Lipinski definition) is 3. The number of benzene rings is 2. The van der Waals surface area contributed by atoms with Crippen LogP contribution in [-0.4, -0.2) is 62.9 Å². The Kier molecular flexibility index (Phi) is 11.4. The number of aliphatic hydroxyl groups is 1. The van der Waals surface area contributed by atoms with Crippen molar-refractivity contribution in [1.29, 1.82) is 5.26 Å². The number of nitrogens with one attached hydrogen (secondary N) is 2. The third-order valence-corrected chi connectivity index (χ3v) is 9.29. The van der Waals surface area contributed by atoms with Gasteiger partial charge in [0, 0.05) is 47.1 Å². The molecule has 3 heterocycles. The van der Waals surface area contributed by atoms with Crippen LogP contribution in [0.4, 0.5) is 19.4 Å². The standard InChI is InChI=1S/C35H34F2N8O5S/c1-21(32-42-29(18-51-32)24-9-7-23(17-38)8-10-24)35(48,27-16-25(36)11-12-28(27)37)30(45-19-40-41-20-45)13-15-49-34(47)43-31-26(6-5-14-39-31)33(44(3)4)50-22(2)46/h5-12,14,16,18-21,30,33,48H,13,15H2,1-4H3,(H,39,43,47)/p+1/t21-,30?,33?,35+/m1/s1. The summed E-state index contributed by atoms with van der Waals surface area (Å²) in [5.41, 5.74) is -0.321. The van der Waals surface area contributed by atoms with E-state index in [9.17, 15) is 24.3 Å². The summed E-state index contributed by atoms with van der Waals surface area (Å²) in [6.45, 7) is 2.63. The maximum absolute atomic E-state index is 15.7. The third-order valence-electron chi connectivity index (χ3n) is 8.26. The molecule has 0 saturated heterocycles. The number of nitrogens with zero attached hydrogens (tertiary/aromatic N) is 6. The summed E-state index contributed by atoms with van der Waals surface area (Å²) >= 11 is 1.23. The minimum atomic E-state index is -2.17. The Morgan fingerprint density at radius 2 is 1.96 bits per heavy atom. The van der Waals surface area contributed by atoms with Crippen LogP contribution in [0.3, 0.4) is 0 Å². The van der Waals surface area contributed by atoms with Gasteiger partial charge in [0.2, 0.25) is 6.33 Å². The number of ether oxygens (including phenoxy) is 2. The van der Waals surface area contributed by atoms with Crippen molar-refractivity contribution in [2.45, 2.75) is 44.1 Å². The number of hydrogen-bond acceptors (Lipinski definition) is 11. The van der Waals surface area contributed by atoms with Gasteiger partial charge in [-0.15, -0.1) is 16.4 Å². The molecule has 16 heteroatoms. The SMILES string of the molecule is CC(=O)OC(c1cccnc1NC(=O)OCCC([n+]1cn[nH]c1)[C@@](O)(c1cc(F)ccc1F)[C@H](C)c1nc(-c2ccc(C#N)cc2)cs1)N(C)C. The van der Waals surface area contributed by atoms with Crippen molar-refractivity contribution in [3.8, 4) is 17.3 Å².